The molecule has 1 aliphatic heterocycles. The fourth-order valence-electron chi connectivity index (χ4n) is 1.89. The lowest BCUT2D eigenvalue weighted by Gasteiger charge is -2.07. The Bertz CT molecular complexity index is 604. The first-order valence-corrected chi connectivity index (χ1v) is 6.43. The molecule has 0 saturated carbocycles. The molecule has 0 spiro atoms. The van der Waals surface area contributed by atoms with E-state index in [4.69, 9.17) is 14.2 Å². The van der Waals surface area contributed by atoms with Gasteiger partial charge in [0.2, 0.25) is 18.6 Å². The number of hydrogen-bond donors (Lipinski definition) is 1. The van der Waals surface area contributed by atoms with E-state index in [1.807, 2.05) is 25.1 Å². The van der Waals surface area contributed by atoms with Crippen molar-refractivity contribution in [1.82, 2.24) is 9.97 Å². The summed E-state index contributed by atoms with van der Waals surface area (Å²) in [5.41, 5.74) is 1.07. The van der Waals surface area contributed by atoms with Crippen LogP contribution in [0.3, 0.4) is 0 Å². The minimum Gasteiger partial charge on any atom is -0.478 e. The highest BCUT2D eigenvalue weighted by Gasteiger charge is 2.13. The number of rotatable bonds is 5. The van der Waals surface area contributed by atoms with Gasteiger partial charge in [0.05, 0.1) is 6.61 Å². The van der Waals surface area contributed by atoms with E-state index < -0.39 is 0 Å². The summed E-state index contributed by atoms with van der Waals surface area (Å²) >= 11 is 0. The van der Waals surface area contributed by atoms with Crippen molar-refractivity contribution in [3.8, 4) is 17.4 Å². The van der Waals surface area contributed by atoms with Crippen molar-refractivity contribution < 1.29 is 14.2 Å². The molecule has 2 aromatic rings. The lowest BCUT2D eigenvalue weighted by molar-refractivity contribution is 0.174. The molecule has 1 N–H and O–H groups in total. The summed E-state index contributed by atoms with van der Waals surface area (Å²) < 4.78 is 15.9. The van der Waals surface area contributed by atoms with Gasteiger partial charge in [0.25, 0.3) is 0 Å². The Labute approximate surface area is 116 Å². The first-order chi connectivity index (χ1) is 9.85. The van der Waals surface area contributed by atoms with E-state index in [1.165, 1.54) is 0 Å². The average Bonchev–Trinajstić information content (AvgIpc) is 2.93. The molecule has 0 aliphatic carbocycles. The molecule has 0 saturated heterocycles. The third-order valence-corrected chi connectivity index (χ3v) is 2.81. The predicted molar refractivity (Wildman–Crippen MR) is 73.1 cm³/mol. The molecule has 0 bridgehead atoms. The summed E-state index contributed by atoms with van der Waals surface area (Å²) in [5, 5.41) is 3.15. The smallest absolute Gasteiger partial charge is 0.231 e. The molecule has 0 fully saturated rings. The molecule has 0 unspecified atom stereocenters. The van der Waals surface area contributed by atoms with Crippen LogP contribution in [0.15, 0.2) is 30.5 Å². The van der Waals surface area contributed by atoms with Gasteiger partial charge in [-0.05, 0) is 24.6 Å². The highest BCUT2D eigenvalue weighted by atomic mass is 16.7. The van der Waals surface area contributed by atoms with E-state index in [-0.39, 0.29) is 6.79 Å². The number of aromatic nitrogens is 2. The molecule has 1 aromatic heterocycles. The Morgan fingerprint density at radius 2 is 2.15 bits per heavy atom. The Hall–Kier alpha value is -2.50. The van der Waals surface area contributed by atoms with Gasteiger partial charge in [-0.3, -0.25) is 0 Å². The number of ether oxygens (including phenoxy) is 3. The lowest BCUT2D eigenvalue weighted by Crippen LogP contribution is -2.04. The van der Waals surface area contributed by atoms with Crippen LogP contribution in [0.2, 0.25) is 0 Å². The number of fused-ring (bicyclic) bond motifs is 1. The van der Waals surface area contributed by atoms with Crippen LogP contribution in [0.4, 0.5) is 5.95 Å². The molecule has 0 radical (unpaired) electrons. The van der Waals surface area contributed by atoms with Crippen LogP contribution in [0.1, 0.15) is 12.5 Å². The minimum absolute atomic E-state index is 0.283. The molecule has 0 atom stereocenters. The Kier molecular flexibility index (Phi) is 3.54. The Morgan fingerprint density at radius 1 is 1.25 bits per heavy atom. The van der Waals surface area contributed by atoms with Crippen molar-refractivity contribution in [2.75, 3.05) is 18.7 Å². The van der Waals surface area contributed by atoms with Crippen molar-refractivity contribution in [3.63, 3.8) is 0 Å². The van der Waals surface area contributed by atoms with Crippen LogP contribution in [0.5, 0.6) is 17.4 Å². The van der Waals surface area contributed by atoms with Crippen molar-refractivity contribution in [2.24, 2.45) is 0 Å². The molecular weight excluding hydrogens is 258 g/mol. The summed E-state index contributed by atoms with van der Waals surface area (Å²) in [6.07, 6.45) is 1.67. The lowest BCUT2D eigenvalue weighted by atomic mass is 10.2. The molecule has 6 heteroatoms. The van der Waals surface area contributed by atoms with E-state index in [0.29, 0.717) is 25.0 Å². The van der Waals surface area contributed by atoms with Gasteiger partial charge in [0.15, 0.2) is 11.5 Å². The molecule has 1 aliphatic rings. The maximum absolute atomic E-state index is 5.34. The molecule has 6 nitrogen and oxygen atoms in total. The zero-order chi connectivity index (χ0) is 13.8. The maximum Gasteiger partial charge on any atom is 0.231 e. The van der Waals surface area contributed by atoms with E-state index in [0.717, 1.165) is 17.1 Å². The van der Waals surface area contributed by atoms with Gasteiger partial charge in [-0.1, -0.05) is 6.07 Å². The van der Waals surface area contributed by atoms with Gasteiger partial charge < -0.3 is 19.5 Å². The fourth-order valence-corrected chi connectivity index (χ4v) is 1.89. The average molecular weight is 273 g/mol. The van der Waals surface area contributed by atoms with Crippen LogP contribution >= 0.6 is 0 Å². The van der Waals surface area contributed by atoms with Crippen LogP contribution in [0, 0.1) is 0 Å². The molecule has 2 heterocycles. The summed E-state index contributed by atoms with van der Waals surface area (Å²) in [6.45, 7) is 3.39. The van der Waals surface area contributed by atoms with E-state index in [2.05, 4.69) is 15.3 Å². The highest BCUT2D eigenvalue weighted by Crippen LogP contribution is 2.32. The first kappa shape index (κ1) is 12.5. The van der Waals surface area contributed by atoms with Gasteiger partial charge in [0, 0.05) is 18.8 Å². The fraction of sp³-hybridized carbons (Fsp3) is 0.286. The normalized spacial score (nSPS) is 12.2. The number of hydrogen-bond acceptors (Lipinski definition) is 6. The van der Waals surface area contributed by atoms with Gasteiger partial charge >= 0.3 is 0 Å². The molecule has 104 valence electrons. The second kappa shape index (κ2) is 5.64. The zero-order valence-electron chi connectivity index (χ0n) is 11.1. The Morgan fingerprint density at radius 3 is 3.05 bits per heavy atom. The molecule has 3 rings (SSSR count). The monoisotopic (exact) mass is 273 g/mol. The second-order valence-electron chi connectivity index (χ2n) is 4.19. The SMILES string of the molecule is CCOc1ccnc(NCc2ccc3c(c2)OCO3)n1. The van der Waals surface area contributed by atoms with Gasteiger partial charge in [-0.15, -0.1) is 0 Å². The molecular formula is C14H15N3O3. The summed E-state index contributed by atoms with van der Waals surface area (Å²) in [6, 6.07) is 7.56. The highest BCUT2D eigenvalue weighted by molar-refractivity contribution is 5.45. The molecule has 0 amide bonds. The molecule has 1 aromatic carbocycles. The quantitative estimate of drug-likeness (QED) is 0.901. The summed E-state index contributed by atoms with van der Waals surface area (Å²) in [7, 11) is 0. The van der Waals surface area contributed by atoms with Gasteiger partial charge in [-0.25, -0.2) is 4.98 Å². The van der Waals surface area contributed by atoms with Crippen LogP contribution < -0.4 is 19.5 Å². The third-order valence-electron chi connectivity index (χ3n) is 2.81. The Balaban J connectivity index is 1.65. The summed E-state index contributed by atoms with van der Waals surface area (Å²) in [5.74, 6) is 2.65. The standard InChI is InChI=1S/C14H15N3O3/c1-2-18-13-5-6-15-14(17-13)16-8-10-3-4-11-12(7-10)20-9-19-11/h3-7H,2,8-9H2,1H3,(H,15,16,17). The van der Waals surface area contributed by atoms with E-state index >= 15 is 0 Å². The second-order valence-corrected chi connectivity index (χ2v) is 4.19. The van der Waals surface area contributed by atoms with Gasteiger partial charge in [-0.2, -0.15) is 4.98 Å². The first-order valence-electron chi connectivity index (χ1n) is 6.43. The maximum atomic E-state index is 5.34. The zero-order valence-corrected chi connectivity index (χ0v) is 11.1. The van der Waals surface area contributed by atoms with Crippen molar-refractivity contribution >= 4 is 5.95 Å². The van der Waals surface area contributed by atoms with Gasteiger partial charge in [0.1, 0.15) is 0 Å². The van der Waals surface area contributed by atoms with Crippen LogP contribution in [-0.4, -0.2) is 23.4 Å². The van der Waals surface area contributed by atoms with Crippen molar-refractivity contribution in [3.05, 3.63) is 36.0 Å². The van der Waals surface area contributed by atoms with E-state index in [1.54, 1.807) is 12.3 Å². The summed E-state index contributed by atoms with van der Waals surface area (Å²) in [4.78, 5) is 8.40. The third kappa shape index (κ3) is 2.74. The number of anilines is 1. The van der Waals surface area contributed by atoms with Crippen LogP contribution in [0.25, 0.3) is 0 Å². The topological polar surface area (TPSA) is 65.5 Å². The van der Waals surface area contributed by atoms with Crippen molar-refractivity contribution in [2.45, 2.75) is 13.5 Å². The number of benzene rings is 1. The largest absolute Gasteiger partial charge is 0.478 e. The van der Waals surface area contributed by atoms with Crippen molar-refractivity contribution in [1.29, 1.82) is 0 Å². The minimum atomic E-state index is 0.283. The van der Waals surface area contributed by atoms with E-state index in [9.17, 15) is 0 Å². The predicted octanol–water partition coefficient (Wildman–Crippen LogP) is 2.22. The number of nitrogens with one attached hydrogen (secondary N) is 1. The van der Waals surface area contributed by atoms with Crippen LogP contribution in [-0.2, 0) is 6.54 Å². The molecule has 20 heavy (non-hydrogen) atoms. The number of nitrogens with zero attached hydrogens (tertiary/aromatic N) is 2.